The molecule has 0 aliphatic carbocycles. The molecule has 0 bridgehead atoms. The lowest BCUT2D eigenvalue weighted by Crippen LogP contribution is -2.51. The Kier molecular flexibility index (Phi) is 5.63. The molecule has 7 nitrogen and oxygen atoms in total. The highest BCUT2D eigenvalue weighted by Gasteiger charge is 2.29. The molecule has 1 aromatic heterocycles. The standard InChI is InChI=1S/C21H26N2O5/c1-13-14(2)27-15(3)19(13)21(26)28-16(4)20(25)23-11-9-22(10-12-23)17-7-5-6-8-18(17)24/h5-8,16,24H,9-12H2,1-4H3. The number of carbonyl (C=O) groups excluding carboxylic acids is 2. The van der Waals surface area contributed by atoms with Crippen molar-refractivity contribution < 1.29 is 23.8 Å². The number of phenolic OH excluding ortho intramolecular Hbond substituents is 1. The number of phenols is 1. The molecule has 1 unspecified atom stereocenters. The van der Waals surface area contributed by atoms with Gasteiger partial charge >= 0.3 is 5.97 Å². The van der Waals surface area contributed by atoms with Gasteiger partial charge in [0.25, 0.3) is 5.91 Å². The Hall–Kier alpha value is -2.96. The summed E-state index contributed by atoms with van der Waals surface area (Å²) >= 11 is 0. The predicted octanol–water partition coefficient (Wildman–Crippen LogP) is 2.80. The van der Waals surface area contributed by atoms with Crippen molar-refractivity contribution in [1.82, 2.24) is 4.90 Å². The largest absolute Gasteiger partial charge is 0.506 e. The zero-order chi connectivity index (χ0) is 20.4. The van der Waals surface area contributed by atoms with Crippen LogP contribution < -0.4 is 4.90 Å². The van der Waals surface area contributed by atoms with Gasteiger partial charge in [-0.1, -0.05) is 12.1 Å². The maximum absolute atomic E-state index is 12.7. The molecular weight excluding hydrogens is 360 g/mol. The first kappa shape index (κ1) is 19.8. The van der Waals surface area contributed by atoms with Gasteiger partial charge in [-0.05, 0) is 39.8 Å². The number of benzene rings is 1. The molecule has 7 heteroatoms. The molecule has 28 heavy (non-hydrogen) atoms. The molecule has 0 spiro atoms. The van der Waals surface area contributed by atoms with Crippen LogP contribution in [0, 0.1) is 20.8 Å². The molecule has 1 atom stereocenters. The first-order valence-corrected chi connectivity index (χ1v) is 9.39. The summed E-state index contributed by atoms with van der Waals surface area (Å²) in [4.78, 5) is 28.9. The van der Waals surface area contributed by atoms with Gasteiger partial charge in [0, 0.05) is 31.7 Å². The van der Waals surface area contributed by atoms with E-state index in [-0.39, 0.29) is 11.7 Å². The summed E-state index contributed by atoms with van der Waals surface area (Å²) in [5.74, 6) is 0.631. The van der Waals surface area contributed by atoms with Crippen molar-refractivity contribution in [2.75, 3.05) is 31.1 Å². The first-order valence-electron chi connectivity index (χ1n) is 9.39. The number of aryl methyl sites for hydroxylation is 2. The molecular formula is C21H26N2O5. The second-order valence-electron chi connectivity index (χ2n) is 7.06. The van der Waals surface area contributed by atoms with Crippen molar-refractivity contribution in [2.24, 2.45) is 0 Å². The quantitative estimate of drug-likeness (QED) is 0.814. The molecule has 1 saturated heterocycles. The average Bonchev–Trinajstić information content (AvgIpc) is 2.93. The number of rotatable bonds is 4. The SMILES string of the molecule is Cc1oc(C)c(C(=O)OC(C)C(=O)N2CCN(c3ccccc3O)CC2)c1C. The Balaban J connectivity index is 1.59. The van der Waals surface area contributed by atoms with Crippen LogP contribution in [0.5, 0.6) is 5.75 Å². The highest BCUT2D eigenvalue weighted by atomic mass is 16.5. The van der Waals surface area contributed by atoms with E-state index in [0.29, 0.717) is 43.3 Å². The van der Waals surface area contributed by atoms with Crippen LogP contribution >= 0.6 is 0 Å². The van der Waals surface area contributed by atoms with Gasteiger partial charge in [-0.3, -0.25) is 4.79 Å². The van der Waals surface area contributed by atoms with Crippen LogP contribution in [-0.4, -0.2) is 54.2 Å². The molecule has 1 N–H and O–H groups in total. The lowest BCUT2D eigenvalue weighted by molar-refractivity contribution is -0.140. The zero-order valence-electron chi connectivity index (χ0n) is 16.7. The maximum atomic E-state index is 12.7. The number of amides is 1. The molecule has 1 fully saturated rings. The average molecular weight is 386 g/mol. The molecule has 2 heterocycles. The fourth-order valence-corrected chi connectivity index (χ4v) is 3.52. The predicted molar refractivity (Wildman–Crippen MR) is 105 cm³/mol. The number of carbonyl (C=O) groups is 2. The van der Waals surface area contributed by atoms with E-state index in [9.17, 15) is 14.7 Å². The van der Waals surface area contributed by atoms with Crippen LogP contribution in [0.15, 0.2) is 28.7 Å². The number of ether oxygens (including phenoxy) is 1. The summed E-state index contributed by atoms with van der Waals surface area (Å²) in [5, 5.41) is 9.99. The second kappa shape index (κ2) is 7.96. The Labute approximate surface area is 164 Å². The van der Waals surface area contributed by atoms with Gasteiger partial charge in [0.2, 0.25) is 0 Å². The molecule has 0 saturated carbocycles. The maximum Gasteiger partial charge on any atom is 0.342 e. The number of hydrogen-bond acceptors (Lipinski definition) is 6. The van der Waals surface area contributed by atoms with Gasteiger partial charge in [-0.15, -0.1) is 0 Å². The van der Waals surface area contributed by atoms with Crippen molar-refractivity contribution in [3.8, 4) is 5.75 Å². The normalized spacial score (nSPS) is 15.4. The minimum atomic E-state index is -0.877. The topological polar surface area (TPSA) is 83.2 Å². The van der Waals surface area contributed by atoms with Crippen LogP contribution in [0.4, 0.5) is 5.69 Å². The Morgan fingerprint density at radius 2 is 1.71 bits per heavy atom. The number of esters is 1. The van der Waals surface area contributed by atoms with Crippen LogP contribution in [0.25, 0.3) is 0 Å². The number of piperazine rings is 1. The summed E-state index contributed by atoms with van der Waals surface area (Å²) in [6, 6.07) is 7.15. The number of aromatic hydroxyl groups is 1. The summed E-state index contributed by atoms with van der Waals surface area (Å²) in [7, 11) is 0. The zero-order valence-corrected chi connectivity index (χ0v) is 16.7. The fraction of sp³-hybridized carbons (Fsp3) is 0.429. The molecule has 0 radical (unpaired) electrons. The summed E-state index contributed by atoms with van der Waals surface area (Å²) in [6.45, 7) is 9.08. The van der Waals surface area contributed by atoms with Crippen molar-refractivity contribution in [3.63, 3.8) is 0 Å². The Bertz CT molecular complexity index is 881. The smallest absolute Gasteiger partial charge is 0.342 e. The third-order valence-electron chi connectivity index (χ3n) is 5.21. The molecule has 1 aliphatic rings. The van der Waals surface area contributed by atoms with Crippen LogP contribution in [0.2, 0.25) is 0 Å². The minimum absolute atomic E-state index is 0.221. The lowest BCUT2D eigenvalue weighted by atomic mass is 10.1. The van der Waals surface area contributed by atoms with Crippen molar-refractivity contribution in [1.29, 1.82) is 0 Å². The lowest BCUT2D eigenvalue weighted by Gasteiger charge is -2.37. The minimum Gasteiger partial charge on any atom is -0.506 e. The van der Waals surface area contributed by atoms with E-state index in [2.05, 4.69) is 0 Å². The van der Waals surface area contributed by atoms with Gasteiger partial charge in [-0.2, -0.15) is 0 Å². The van der Waals surface area contributed by atoms with E-state index in [1.54, 1.807) is 44.7 Å². The fourth-order valence-electron chi connectivity index (χ4n) is 3.52. The number of hydrogen-bond donors (Lipinski definition) is 1. The van der Waals surface area contributed by atoms with E-state index in [1.807, 2.05) is 17.0 Å². The van der Waals surface area contributed by atoms with Gasteiger partial charge in [-0.25, -0.2) is 4.79 Å². The van der Waals surface area contributed by atoms with Crippen molar-refractivity contribution in [3.05, 3.63) is 46.9 Å². The third kappa shape index (κ3) is 3.83. The molecule has 3 rings (SSSR count). The third-order valence-corrected chi connectivity index (χ3v) is 5.21. The van der Waals surface area contributed by atoms with E-state index in [1.165, 1.54) is 0 Å². The molecule has 1 amide bonds. The number of furan rings is 1. The van der Waals surface area contributed by atoms with E-state index in [0.717, 1.165) is 11.3 Å². The Morgan fingerprint density at radius 1 is 1.07 bits per heavy atom. The highest BCUT2D eigenvalue weighted by Crippen LogP contribution is 2.27. The molecule has 1 aromatic carbocycles. The molecule has 1 aliphatic heterocycles. The highest BCUT2D eigenvalue weighted by molar-refractivity contribution is 5.94. The monoisotopic (exact) mass is 386 g/mol. The van der Waals surface area contributed by atoms with Gasteiger partial charge in [0.1, 0.15) is 22.8 Å². The van der Waals surface area contributed by atoms with Crippen LogP contribution in [0.1, 0.15) is 34.4 Å². The van der Waals surface area contributed by atoms with E-state index >= 15 is 0 Å². The van der Waals surface area contributed by atoms with Gasteiger partial charge in [0.05, 0.1) is 5.69 Å². The number of anilines is 1. The summed E-state index contributed by atoms with van der Waals surface area (Å²) in [5.41, 5.74) is 1.88. The van der Waals surface area contributed by atoms with E-state index < -0.39 is 12.1 Å². The molecule has 150 valence electrons. The second-order valence-corrected chi connectivity index (χ2v) is 7.06. The summed E-state index contributed by atoms with van der Waals surface area (Å²) < 4.78 is 10.9. The van der Waals surface area contributed by atoms with Crippen molar-refractivity contribution >= 4 is 17.6 Å². The van der Waals surface area contributed by atoms with Gasteiger partial charge < -0.3 is 24.1 Å². The Morgan fingerprint density at radius 3 is 2.29 bits per heavy atom. The van der Waals surface area contributed by atoms with Crippen molar-refractivity contribution in [2.45, 2.75) is 33.8 Å². The van der Waals surface area contributed by atoms with Crippen LogP contribution in [-0.2, 0) is 9.53 Å². The summed E-state index contributed by atoms with van der Waals surface area (Å²) in [6.07, 6.45) is -0.877. The molecule has 2 aromatic rings. The van der Waals surface area contributed by atoms with Gasteiger partial charge in [0.15, 0.2) is 6.10 Å². The number of nitrogens with zero attached hydrogens (tertiary/aromatic N) is 2. The van der Waals surface area contributed by atoms with Crippen LogP contribution in [0.3, 0.4) is 0 Å². The number of para-hydroxylation sites is 2. The van der Waals surface area contributed by atoms with E-state index in [4.69, 9.17) is 9.15 Å². The first-order chi connectivity index (χ1) is 13.3.